The molecule has 2 N–H and O–H groups in total. The molecule has 1 atom stereocenters. The largest absolute Gasteiger partial charge is 0.356 e. The topological polar surface area (TPSA) is 44.4 Å². The van der Waals surface area contributed by atoms with Gasteiger partial charge >= 0.3 is 0 Å². The van der Waals surface area contributed by atoms with Crippen molar-refractivity contribution in [3.8, 4) is 0 Å². The summed E-state index contributed by atoms with van der Waals surface area (Å²) in [5.74, 6) is 0.0885. The number of amides is 1. The van der Waals surface area contributed by atoms with Crippen LogP contribution in [-0.4, -0.2) is 31.6 Å². The van der Waals surface area contributed by atoms with E-state index in [4.69, 9.17) is 0 Å². The third-order valence-electron chi connectivity index (χ3n) is 3.28. The van der Waals surface area contributed by atoms with Gasteiger partial charge in [-0.1, -0.05) is 12.1 Å². The summed E-state index contributed by atoms with van der Waals surface area (Å²) >= 11 is 0. The van der Waals surface area contributed by atoms with Crippen molar-refractivity contribution in [2.75, 3.05) is 29.9 Å². The lowest BCUT2D eigenvalue weighted by molar-refractivity contribution is -0.115. The Hall–Kier alpha value is -1.55. The van der Waals surface area contributed by atoms with E-state index in [0.717, 1.165) is 30.9 Å². The first-order chi connectivity index (χ1) is 7.84. The Balaban J connectivity index is 1.96. The molecule has 2 aliphatic heterocycles. The Morgan fingerprint density at radius 3 is 3.00 bits per heavy atom. The van der Waals surface area contributed by atoms with Gasteiger partial charge in [-0.25, -0.2) is 0 Å². The summed E-state index contributed by atoms with van der Waals surface area (Å²) in [5, 5.41) is 6.25. The lowest BCUT2D eigenvalue weighted by Gasteiger charge is -2.35. The van der Waals surface area contributed by atoms with Crippen molar-refractivity contribution in [2.24, 2.45) is 0 Å². The molecule has 0 aromatic heterocycles. The highest BCUT2D eigenvalue weighted by molar-refractivity contribution is 6.01. The SMILES string of the molecule is O=C1CN([C@@H]2CCNC2)c2ccccc2N1. The van der Waals surface area contributed by atoms with Gasteiger partial charge in [-0.2, -0.15) is 0 Å². The molecule has 1 aromatic rings. The summed E-state index contributed by atoms with van der Waals surface area (Å²) in [4.78, 5) is 13.8. The first-order valence-corrected chi connectivity index (χ1v) is 5.71. The molecule has 0 unspecified atom stereocenters. The first-order valence-electron chi connectivity index (χ1n) is 5.71. The monoisotopic (exact) mass is 217 g/mol. The molecule has 0 spiro atoms. The van der Waals surface area contributed by atoms with Gasteiger partial charge in [-0.3, -0.25) is 4.79 Å². The molecule has 16 heavy (non-hydrogen) atoms. The third-order valence-corrected chi connectivity index (χ3v) is 3.28. The van der Waals surface area contributed by atoms with Crippen molar-refractivity contribution in [3.05, 3.63) is 24.3 Å². The molecule has 1 saturated heterocycles. The average Bonchev–Trinajstić information content (AvgIpc) is 2.81. The summed E-state index contributed by atoms with van der Waals surface area (Å²) in [6.45, 7) is 2.50. The molecular weight excluding hydrogens is 202 g/mol. The maximum absolute atomic E-state index is 11.6. The number of benzene rings is 1. The predicted molar refractivity (Wildman–Crippen MR) is 63.7 cm³/mol. The van der Waals surface area contributed by atoms with Crippen molar-refractivity contribution >= 4 is 17.3 Å². The fraction of sp³-hybridized carbons (Fsp3) is 0.417. The van der Waals surface area contributed by atoms with E-state index in [1.807, 2.05) is 18.2 Å². The number of rotatable bonds is 1. The standard InChI is InChI=1S/C12H15N3O/c16-12-8-15(9-5-6-13-7-9)11-4-2-1-3-10(11)14-12/h1-4,9,13H,5-8H2,(H,14,16)/t9-/m1/s1. The second-order valence-corrected chi connectivity index (χ2v) is 4.34. The number of anilines is 2. The molecule has 2 aliphatic rings. The van der Waals surface area contributed by atoms with Crippen molar-refractivity contribution in [1.29, 1.82) is 0 Å². The second-order valence-electron chi connectivity index (χ2n) is 4.34. The number of hydrogen-bond acceptors (Lipinski definition) is 3. The van der Waals surface area contributed by atoms with Gasteiger partial charge in [-0.05, 0) is 25.1 Å². The van der Waals surface area contributed by atoms with Gasteiger partial charge in [0.05, 0.1) is 17.9 Å². The van der Waals surface area contributed by atoms with E-state index in [1.165, 1.54) is 0 Å². The Morgan fingerprint density at radius 1 is 1.31 bits per heavy atom. The minimum atomic E-state index is 0.0885. The summed E-state index contributed by atoms with van der Waals surface area (Å²) in [6, 6.07) is 8.46. The molecule has 4 nitrogen and oxygen atoms in total. The van der Waals surface area contributed by atoms with Crippen molar-refractivity contribution < 1.29 is 4.79 Å². The zero-order valence-electron chi connectivity index (χ0n) is 9.07. The van der Waals surface area contributed by atoms with E-state index >= 15 is 0 Å². The maximum atomic E-state index is 11.6. The molecule has 4 heteroatoms. The first kappa shape index (κ1) is 9.66. The second kappa shape index (κ2) is 3.79. The highest BCUT2D eigenvalue weighted by Gasteiger charge is 2.29. The third kappa shape index (κ3) is 1.55. The van der Waals surface area contributed by atoms with Crippen molar-refractivity contribution in [1.82, 2.24) is 5.32 Å². The van der Waals surface area contributed by atoms with Gasteiger partial charge in [0.15, 0.2) is 0 Å². The summed E-state index contributed by atoms with van der Waals surface area (Å²) in [7, 11) is 0. The zero-order chi connectivity index (χ0) is 11.0. The van der Waals surface area contributed by atoms with Gasteiger partial charge < -0.3 is 15.5 Å². The highest BCUT2D eigenvalue weighted by atomic mass is 16.2. The lowest BCUT2D eigenvalue weighted by Crippen LogP contribution is -2.45. The van der Waals surface area contributed by atoms with E-state index in [0.29, 0.717) is 12.6 Å². The van der Waals surface area contributed by atoms with Crippen LogP contribution >= 0.6 is 0 Å². The number of nitrogens with zero attached hydrogens (tertiary/aromatic N) is 1. The van der Waals surface area contributed by atoms with Gasteiger partial charge in [0.1, 0.15) is 0 Å². The van der Waals surface area contributed by atoms with Gasteiger partial charge in [0, 0.05) is 12.6 Å². The minimum absolute atomic E-state index is 0.0885. The smallest absolute Gasteiger partial charge is 0.243 e. The van der Waals surface area contributed by atoms with E-state index in [2.05, 4.69) is 21.6 Å². The van der Waals surface area contributed by atoms with Crippen LogP contribution in [0.25, 0.3) is 0 Å². The van der Waals surface area contributed by atoms with Crippen molar-refractivity contribution in [3.63, 3.8) is 0 Å². The van der Waals surface area contributed by atoms with E-state index in [-0.39, 0.29) is 5.91 Å². The van der Waals surface area contributed by atoms with Crippen LogP contribution in [0.3, 0.4) is 0 Å². The molecule has 84 valence electrons. The quantitative estimate of drug-likeness (QED) is 0.731. The maximum Gasteiger partial charge on any atom is 0.243 e. The number of carbonyl (C=O) groups excluding carboxylic acids is 1. The number of hydrogen-bond donors (Lipinski definition) is 2. The summed E-state index contributed by atoms with van der Waals surface area (Å²) in [5.41, 5.74) is 2.08. The fourth-order valence-electron chi connectivity index (χ4n) is 2.49. The van der Waals surface area contributed by atoms with Crippen LogP contribution in [0.4, 0.5) is 11.4 Å². The molecular formula is C12H15N3O. The molecule has 1 amide bonds. The van der Waals surface area contributed by atoms with Gasteiger partial charge in [0.25, 0.3) is 0 Å². The normalized spacial score (nSPS) is 24.1. The Bertz CT molecular complexity index is 412. The van der Waals surface area contributed by atoms with Crippen LogP contribution < -0.4 is 15.5 Å². The molecule has 3 rings (SSSR count). The molecule has 2 heterocycles. The Morgan fingerprint density at radius 2 is 2.19 bits per heavy atom. The molecule has 0 radical (unpaired) electrons. The van der Waals surface area contributed by atoms with E-state index < -0.39 is 0 Å². The summed E-state index contributed by atoms with van der Waals surface area (Å²) in [6.07, 6.45) is 1.11. The van der Waals surface area contributed by atoms with Gasteiger partial charge in [-0.15, -0.1) is 0 Å². The van der Waals surface area contributed by atoms with E-state index in [1.54, 1.807) is 0 Å². The molecule has 0 bridgehead atoms. The molecule has 1 fully saturated rings. The number of fused-ring (bicyclic) bond motifs is 1. The van der Waals surface area contributed by atoms with Crippen LogP contribution in [0.15, 0.2) is 24.3 Å². The fourth-order valence-corrected chi connectivity index (χ4v) is 2.49. The number of nitrogens with one attached hydrogen (secondary N) is 2. The van der Waals surface area contributed by atoms with Crippen LogP contribution in [0.5, 0.6) is 0 Å². The van der Waals surface area contributed by atoms with E-state index in [9.17, 15) is 4.79 Å². The number of para-hydroxylation sites is 2. The molecule has 0 saturated carbocycles. The predicted octanol–water partition coefficient (Wildman–Crippen LogP) is 0.807. The summed E-state index contributed by atoms with van der Waals surface area (Å²) < 4.78 is 0. The van der Waals surface area contributed by atoms with Crippen LogP contribution in [0.1, 0.15) is 6.42 Å². The lowest BCUT2D eigenvalue weighted by atomic mass is 10.1. The number of carbonyl (C=O) groups is 1. The average molecular weight is 217 g/mol. The van der Waals surface area contributed by atoms with Crippen LogP contribution in [-0.2, 0) is 4.79 Å². The molecule has 0 aliphatic carbocycles. The van der Waals surface area contributed by atoms with Crippen molar-refractivity contribution in [2.45, 2.75) is 12.5 Å². The van der Waals surface area contributed by atoms with Crippen LogP contribution in [0, 0.1) is 0 Å². The van der Waals surface area contributed by atoms with Crippen LogP contribution in [0.2, 0.25) is 0 Å². The minimum Gasteiger partial charge on any atom is -0.356 e. The highest BCUT2D eigenvalue weighted by Crippen LogP contribution is 2.31. The van der Waals surface area contributed by atoms with Gasteiger partial charge in [0.2, 0.25) is 5.91 Å². The zero-order valence-corrected chi connectivity index (χ0v) is 9.07. The Kier molecular flexibility index (Phi) is 2.29. The molecule has 1 aromatic carbocycles. The Labute approximate surface area is 94.6 Å².